The first-order chi connectivity index (χ1) is 54.8. The minimum absolute atomic E-state index is 0. The van der Waals surface area contributed by atoms with Gasteiger partial charge in [-0.1, -0.05) is 89.9 Å². The average Bonchev–Trinajstić information content (AvgIpc) is 1.10. The molecule has 15 aliphatic carbocycles. The number of aliphatic hydroxyl groups excluding tert-OH is 1. The van der Waals surface area contributed by atoms with Crippen LogP contribution < -0.4 is 71.5 Å². The largest absolute Gasteiger partial charge is 1.00 e. The molecule has 15 aliphatic rings. The van der Waals surface area contributed by atoms with Crippen molar-refractivity contribution in [2.45, 2.75) is 336 Å². The standard InChI is InChI=1S/2C13H23NO3S.C10H19NO3S.C10H21NO3S.C9H19NO4S.C8H17NO3S.C7H15NO3S.C6H13NO3S.Na/c15-18(16,17)3-1-2-14-13-7-10-4-11(8-13)6-12(5-10)9-13;15-18(16,17)3-1-2-14-13-11-5-9-4-10(7-11)8-12(13)6-9;12-15(13,14)5-1-4-11-10-7-8-2-3-9(10)6-8;12-15(13,14)9-5-8-11-10-6-3-1-2-4-7-10;11-9(7-15(12,13)14)6-10-8-4-2-1-3-5-8;10-13(11,12)7-3-6-9-8-4-1-2-5-8;9-12(10,11)8-7-5-3-1-2-4-6-7;8-11(9,10)5-1-4-7-6-2-3-6;/h10-12,14H,1-9H2,(H,15,16,17);9-14H,1-8H2,(H,15,16,17);8-11H,1-7H2,(H,12,13,14);10-11H,1-9H2,(H,12,13,14);8-11H,1-7H2,(H,12,13,14);8-9H,1-7H2,(H,10,11,12);7-8H,1-6H2,(H,9,10,11);6-7H,1-5H2,(H,8,9,10);/q;;;;;;;;+1/p-1/t;;8?,9?,10-;;;;;;/m..1....../s1. The zero-order valence-corrected chi connectivity index (χ0v) is 78.6. The first-order valence-corrected chi connectivity index (χ1v) is 56.7. The van der Waals surface area contributed by atoms with E-state index in [0.29, 0.717) is 120 Å². The molecule has 15 saturated carbocycles. The summed E-state index contributed by atoms with van der Waals surface area (Å²) in [4.78, 5) is 0. The third-order valence-corrected chi connectivity index (χ3v) is 31.9. The monoisotopic (exact) mass is 1850 g/mol. The molecule has 0 aromatic carbocycles. The molecule has 3 unspecified atom stereocenters. The fraction of sp³-hybridized carbons (Fsp3) is 1.00. The van der Waals surface area contributed by atoms with Gasteiger partial charge in [-0.15, -0.1) is 0 Å². The number of fused-ring (bicyclic) bond motifs is 2. The molecule has 0 radical (unpaired) electrons. The number of hydrogen-bond acceptors (Lipinski definition) is 25. The van der Waals surface area contributed by atoms with Crippen molar-refractivity contribution in [1.29, 1.82) is 0 Å². The van der Waals surface area contributed by atoms with Crippen LogP contribution in [0.1, 0.15) is 283 Å². The maximum Gasteiger partial charge on any atom is 1.00 e. The summed E-state index contributed by atoms with van der Waals surface area (Å²) in [6.07, 6.45) is 49.1. The van der Waals surface area contributed by atoms with E-state index in [1.54, 1.807) is 0 Å². The van der Waals surface area contributed by atoms with Crippen LogP contribution in [0.15, 0.2) is 0 Å². The first-order valence-electron chi connectivity index (χ1n) is 44.0. The molecule has 4 atom stereocenters. The summed E-state index contributed by atoms with van der Waals surface area (Å²) in [6, 6.07) is 3.21. The second-order valence-corrected chi connectivity index (χ2v) is 48.4. The van der Waals surface area contributed by atoms with Crippen LogP contribution in [0.3, 0.4) is 0 Å². The van der Waals surface area contributed by atoms with Crippen molar-refractivity contribution in [3.05, 3.63) is 0 Å². The first kappa shape index (κ1) is 108. The Hall–Kier alpha value is -0.0800. The predicted octanol–water partition coefficient (Wildman–Crippen LogP) is 4.85. The van der Waals surface area contributed by atoms with Crippen molar-refractivity contribution in [1.82, 2.24) is 41.9 Å². The topological polar surface area (TPSA) is 554 Å². The Bertz CT molecular complexity index is 3720. The third kappa shape index (κ3) is 51.8. The van der Waals surface area contributed by atoms with Gasteiger partial charge in [0.25, 0.3) is 70.8 Å². The van der Waals surface area contributed by atoms with Gasteiger partial charge in [0, 0.05) is 54.4 Å². The van der Waals surface area contributed by atoms with E-state index < -0.39 is 93.0 Å². The van der Waals surface area contributed by atoms with Crippen LogP contribution >= 0.6 is 0 Å². The molecule has 15 rings (SSSR count). The van der Waals surface area contributed by atoms with E-state index >= 15 is 0 Å². The van der Waals surface area contributed by atoms with Crippen molar-refractivity contribution in [2.75, 3.05) is 86.1 Å². The maximum atomic E-state index is 10.7. The Balaban J connectivity index is 0.000000241. The summed E-state index contributed by atoms with van der Waals surface area (Å²) in [5.74, 6) is 6.71. The molecular formula is C76H149N8NaO25S8. The molecule has 0 amide bonds. The van der Waals surface area contributed by atoms with Gasteiger partial charge in [0.05, 0.1) is 40.6 Å². The maximum absolute atomic E-state index is 10.7. The summed E-state index contributed by atoms with van der Waals surface area (Å²) in [7, 11) is -30.9. The molecule has 0 aliphatic heterocycles. The molecule has 16 N–H and O–H groups in total. The van der Waals surface area contributed by atoms with Crippen molar-refractivity contribution in [3.63, 3.8) is 0 Å². The van der Waals surface area contributed by atoms with E-state index in [0.717, 1.165) is 105 Å². The number of hydrogen-bond donors (Lipinski definition) is 16. The molecule has 42 heteroatoms. The van der Waals surface area contributed by atoms with Crippen LogP contribution in [-0.2, 0) is 81.1 Å². The summed E-state index contributed by atoms with van der Waals surface area (Å²) in [5, 5.41) is 32.8. The molecule has 0 saturated heterocycles. The van der Waals surface area contributed by atoms with Crippen molar-refractivity contribution in [2.24, 2.45) is 53.3 Å². The van der Waals surface area contributed by atoms with Gasteiger partial charge in [-0.25, -0.2) is 13.1 Å². The molecule has 0 aromatic heterocycles. The number of nitrogens with one attached hydrogen (secondary N) is 8. The average molecular weight is 1850 g/mol. The second kappa shape index (κ2) is 53.8. The van der Waals surface area contributed by atoms with Crippen molar-refractivity contribution < 1.29 is 138 Å². The van der Waals surface area contributed by atoms with Gasteiger partial charge >= 0.3 is 29.6 Å². The van der Waals surface area contributed by atoms with Gasteiger partial charge in [0.15, 0.2) is 10.3 Å². The smallest absolute Gasteiger partial charge is 0.735 e. The normalized spacial score (nSPS) is 28.8. The van der Waals surface area contributed by atoms with Gasteiger partial charge < -0.3 is 46.9 Å². The minimum Gasteiger partial charge on any atom is -0.735 e. The predicted molar refractivity (Wildman–Crippen MR) is 454 cm³/mol. The van der Waals surface area contributed by atoms with Crippen molar-refractivity contribution in [3.8, 4) is 0 Å². The van der Waals surface area contributed by atoms with E-state index in [1.165, 1.54) is 193 Å². The fourth-order valence-electron chi connectivity index (χ4n) is 20.8. The molecular weight excluding hydrogens is 1700 g/mol. The van der Waals surface area contributed by atoms with Crippen LogP contribution in [0.5, 0.6) is 0 Å². The van der Waals surface area contributed by atoms with Gasteiger partial charge in [-0.3, -0.25) is 31.9 Å². The van der Waals surface area contributed by atoms with Crippen molar-refractivity contribution >= 4 is 81.1 Å². The Morgan fingerprint density at radius 2 is 0.610 bits per heavy atom. The molecule has 10 bridgehead atoms. The molecule has 0 aromatic rings. The van der Waals surface area contributed by atoms with E-state index in [1.807, 2.05) is 0 Å². The van der Waals surface area contributed by atoms with Crippen LogP contribution in [-0.4, -0.2) is 249 Å². The van der Waals surface area contributed by atoms with Gasteiger partial charge in [0.2, 0.25) is 0 Å². The van der Waals surface area contributed by atoms with Crippen LogP contribution in [0, 0.1) is 53.3 Å². The summed E-state index contributed by atoms with van der Waals surface area (Å²) < 4.78 is 240. The quantitative estimate of drug-likeness (QED) is 0.0171. The zero-order chi connectivity index (χ0) is 86.0. The van der Waals surface area contributed by atoms with Gasteiger partial charge in [-0.05, 0) is 285 Å². The van der Waals surface area contributed by atoms with E-state index in [2.05, 4.69) is 41.9 Å². The van der Waals surface area contributed by atoms with E-state index in [-0.39, 0.29) is 76.7 Å². The van der Waals surface area contributed by atoms with Crippen LogP contribution in [0.2, 0.25) is 0 Å². The second-order valence-electron chi connectivity index (χ2n) is 36.3. The summed E-state index contributed by atoms with van der Waals surface area (Å²) >= 11 is 0. The third-order valence-electron chi connectivity index (χ3n) is 25.7. The fourth-order valence-corrected chi connectivity index (χ4v) is 25.2. The van der Waals surface area contributed by atoms with E-state index in [4.69, 9.17) is 31.9 Å². The molecule has 0 heterocycles. The molecule has 15 fully saturated rings. The Morgan fingerprint density at radius 3 is 0.941 bits per heavy atom. The molecule has 118 heavy (non-hydrogen) atoms. The molecule has 692 valence electrons. The summed E-state index contributed by atoms with van der Waals surface area (Å²) in [6.45, 7) is 4.41. The number of aliphatic hydroxyl groups is 1. The zero-order valence-electron chi connectivity index (χ0n) is 70.1. The SMILES string of the molecule is O=S(=O)(O)CC(O)CNC1CCCCC1.O=S(=O)(O)CCCNC12CC3CC(CC(C3)C1)C2.O=S(=O)(O)CCCNC1C2CC3CC(C2)CC1C3.O=S(=O)(O)CCCNC1CC1.O=S(=O)(O)CCCNC1CCCC1.O=S(=O)(O)CCCNC1CCCCCC1.O=S(=O)(O)CCCN[C@@H]1CC2CCC1C2.O=S(=O)([O-])NC1CCCCCC1.[Na+]. The van der Waals surface area contributed by atoms with Crippen LogP contribution in [0.4, 0.5) is 0 Å². The summed E-state index contributed by atoms with van der Waals surface area (Å²) in [5.41, 5.74) is 0.300. The van der Waals surface area contributed by atoms with E-state index in [9.17, 15) is 77.0 Å². The Labute approximate surface area is 731 Å². The Morgan fingerprint density at radius 1 is 0.305 bits per heavy atom. The Kier molecular flexibility index (Phi) is 49.4. The molecule has 33 nitrogen and oxygen atoms in total. The van der Waals surface area contributed by atoms with Gasteiger partial charge in [0.1, 0.15) is 5.75 Å². The molecule has 0 spiro atoms. The van der Waals surface area contributed by atoms with Gasteiger partial charge in [-0.2, -0.15) is 58.9 Å². The van der Waals surface area contributed by atoms with Crippen LogP contribution in [0.25, 0.3) is 0 Å². The minimum atomic E-state index is -4.24. The number of rotatable bonds is 37.